The predicted molar refractivity (Wildman–Crippen MR) is 105 cm³/mol. The Hall–Kier alpha value is -2.57. The first kappa shape index (κ1) is 20.2. The molecule has 1 heterocycles. The van der Waals surface area contributed by atoms with Gasteiger partial charge in [-0.1, -0.05) is 38.8 Å². The van der Waals surface area contributed by atoms with E-state index in [0.717, 1.165) is 24.2 Å². The molecular weight excluding hydrogens is 358 g/mol. The SMILES string of the molecule is CC[C@]1(c2ccc(OC)cc2)NC(=O)N(CC(=O)N[C@H]2CCCC[C@@H]2C)C1=O. The van der Waals surface area contributed by atoms with Gasteiger partial charge in [0.05, 0.1) is 7.11 Å². The molecular formula is C21H29N3O4. The Morgan fingerprint density at radius 2 is 1.93 bits per heavy atom. The summed E-state index contributed by atoms with van der Waals surface area (Å²) in [5.41, 5.74) is -0.472. The molecule has 1 saturated carbocycles. The summed E-state index contributed by atoms with van der Waals surface area (Å²) in [6.07, 6.45) is 4.69. The Morgan fingerprint density at radius 1 is 1.25 bits per heavy atom. The number of nitrogens with zero attached hydrogens (tertiary/aromatic N) is 1. The lowest BCUT2D eigenvalue weighted by atomic mass is 9.86. The number of imide groups is 1. The maximum Gasteiger partial charge on any atom is 0.325 e. The van der Waals surface area contributed by atoms with E-state index in [2.05, 4.69) is 17.6 Å². The first-order valence-corrected chi connectivity index (χ1v) is 9.99. The molecule has 28 heavy (non-hydrogen) atoms. The zero-order valence-corrected chi connectivity index (χ0v) is 16.8. The highest BCUT2D eigenvalue weighted by Crippen LogP contribution is 2.33. The van der Waals surface area contributed by atoms with E-state index in [1.54, 1.807) is 31.4 Å². The predicted octanol–water partition coefficient (Wildman–Crippen LogP) is 2.55. The van der Waals surface area contributed by atoms with Crippen LogP contribution in [0.15, 0.2) is 24.3 Å². The Kier molecular flexibility index (Phi) is 5.91. The number of carbonyl (C=O) groups excluding carboxylic acids is 3. The molecule has 1 saturated heterocycles. The van der Waals surface area contributed by atoms with Crippen molar-refractivity contribution in [1.82, 2.24) is 15.5 Å². The van der Waals surface area contributed by atoms with Gasteiger partial charge in [0.1, 0.15) is 17.8 Å². The van der Waals surface area contributed by atoms with E-state index in [1.165, 1.54) is 6.42 Å². The van der Waals surface area contributed by atoms with Gasteiger partial charge in [0.25, 0.3) is 5.91 Å². The number of urea groups is 1. The molecule has 152 valence electrons. The molecule has 1 aliphatic heterocycles. The summed E-state index contributed by atoms with van der Waals surface area (Å²) in [5, 5.41) is 5.81. The first-order chi connectivity index (χ1) is 13.4. The quantitative estimate of drug-likeness (QED) is 0.735. The van der Waals surface area contributed by atoms with Crippen LogP contribution in [0.25, 0.3) is 0 Å². The lowest BCUT2D eigenvalue weighted by Crippen LogP contribution is -2.48. The normalized spacial score (nSPS) is 27.5. The van der Waals surface area contributed by atoms with Crippen LogP contribution in [0.5, 0.6) is 5.75 Å². The summed E-state index contributed by atoms with van der Waals surface area (Å²) in [6, 6.07) is 6.63. The number of hydrogen-bond donors (Lipinski definition) is 2. The van der Waals surface area contributed by atoms with Crippen LogP contribution >= 0.6 is 0 Å². The van der Waals surface area contributed by atoms with Gasteiger partial charge in [0.15, 0.2) is 0 Å². The largest absolute Gasteiger partial charge is 0.497 e. The standard InChI is InChI=1S/C21H29N3O4/c1-4-21(15-9-11-16(28-3)12-10-15)19(26)24(20(27)23-21)13-18(25)22-17-8-6-5-7-14(17)2/h9-12,14,17H,4-8,13H2,1-3H3,(H,22,25)(H,23,27)/t14-,17-,21+/m0/s1. The van der Waals surface area contributed by atoms with Gasteiger partial charge in [0, 0.05) is 6.04 Å². The van der Waals surface area contributed by atoms with Gasteiger partial charge in [-0.05, 0) is 42.9 Å². The van der Waals surface area contributed by atoms with Gasteiger partial charge in [-0.3, -0.25) is 14.5 Å². The molecule has 2 aliphatic rings. The second kappa shape index (κ2) is 8.20. The molecule has 7 nitrogen and oxygen atoms in total. The maximum absolute atomic E-state index is 13.1. The van der Waals surface area contributed by atoms with E-state index in [4.69, 9.17) is 4.74 Å². The molecule has 0 aromatic heterocycles. The summed E-state index contributed by atoms with van der Waals surface area (Å²) >= 11 is 0. The number of benzene rings is 1. The van der Waals surface area contributed by atoms with Gasteiger partial charge in [-0.25, -0.2) is 4.79 Å². The average molecular weight is 387 g/mol. The van der Waals surface area contributed by atoms with Gasteiger partial charge >= 0.3 is 6.03 Å². The van der Waals surface area contributed by atoms with Crippen LogP contribution in [0.4, 0.5) is 4.79 Å². The third kappa shape index (κ3) is 3.70. The Morgan fingerprint density at radius 3 is 2.54 bits per heavy atom. The fourth-order valence-corrected chi connectivity index (χ4v) is 4.21. The van der Waals surface area contributed by atoms with Crippen molar-refractivity contribution in [3.05, 3.63) is 29.8 Å². The van der Waals surface area contributed by atoms with Crippen molar-refractivity contribution < 1.29 is 19.1 Å². The molecule has 1 aromatic carbocycles. The molecule has 0 bridgehead atoms. The van der Waals surface area contributed by atoms with E-state index in [0.29, 0.717) is 23.7 Å². The summed E-state index contributed by atoms with van der Waals surface area (Å²) in [4.78, 5) is 39.2. The molecule has 2 fully saturated rings. The van der Waals surface area contributed by atoms with Crippen molar-refractivity contribution >= 4 is 17.8 Å². The number of amides is 4. The molecule has 1 aliphatic carbocycles. The van der Waals surface area contributed by atoms with E-state index in [1.807, 2.05) is 6.92 Å². The summed E-state index contributed by atoms with van der Waals surface area (Å²) < 4.78 is 5.17. The number of hydrogen-bond acceptors (Lipinski definition) is 4. The van der Waals surface area contributed by atoms with E-state index >= 15 is 0 Å². The Bertz CT molecular complexity index is 749. The Balaban J connectivity index is 1.73. The number of rotatable bonds is 6. The third-order valence-corrected chi connectivity index (χ3v) is 6.05. The van der Waals surface area contributed by atoms with Crippen LogP contribution in [-0.2, 0) is 15.1 Å². The lowest BCUT2D eigenvalue weighted by molar-refractivity contribution is -0.135. The second-order valence-corrected chi connectivity index (χ2v) is 7.74. The van der Waals surface area contributed by atoms with Gasteiger partial charge in [-0.15, -0.1) is 0 Å². The molecule has 0 unspecified atom stereocenters. The molecule has 7 heteroatoms. The monoisotopic (exact) mass is 387 g/mol. The second-order valence-electron chi connectivity index (χ2n) is 7.74. The van der Waals surface area contributed by atoms with Crippen molar-refractivity contribution in [2.24, 2.45) is 5.92 Å². The summed E-state index contributed by atoms with van der Waals surface area (Å²) in [7, 11) is 1.57. The molecule has 2 N–H and O–H groups in total. The van der Waals surface area contributed by atoms with Crippen molar-refractivity contribution in [2.75, 3.05) is 13.7 Å². The van der Waals surface area contributed by atoms with Crippen LogP contribution in [0, 0.1) is 5.92 Å². The highest BCUT2D eigenvalue weighted by Gasteiger charge is 2.51. The van der Waals surface area contributed by atoms with Crippen LogP contribution in [0.3, 0.4) is 0 Å². The van der Waals surface area contributed by atoms with Crippen molar-refractivity contribution in [1.29, 1.82) is 0 Å². The summed E-state index contributed by atoms with van der Waals surface area (Å²) in [6.45, 7) is 3.71. The van der Waals surface area contributed by atoms with Crippen molar-refractivity contribution in [3.63, 3.8) is 0 Å². The van der Waals surface area contributed by atoms with Crippen molar-refractivity contribution in [3.8, 4) is 5.75 Å². The third-order valence-electron chi connectivity index (χ3n) is 6.05. The number of ether oxygens (including phenoxy) is 1. The lowest BCUT2D eigenvalue weighted by Gasteiger charge is -2.30. The first-order valence-electron chi connectivity index (χ1n) is 9.99. The fourth-order valence-electron chi connectivity index (χ4n) is 4.21. The molecule has 0 spiro atoms. The number of methoxy groups -OCH3 is 1. The molecule has 4 amide bonds. The minimum absolute atomic E-state index is 0.111. The smallest absolute Gasteiger partial charge is 0.325 e. The molecule has 3 rings (SSSR count). The zero-order valence-electron chi connectivity index (χ0n) is 16.8. The van der Waals surface area contributed by atoms with Crippen LogP contribution < -0.4 is 15.4 Å². The number of carbonyl (C=O) groups is 3. The molecule has 0 radical (unpaired) electrons. The van der Waals surface area contributed by atoms with Crippen LogP contribution in [0.1, 0.15) is 51.5 Å². The van der Waals surface area contributed by atoms with Gasteiger partial charge < -0.3 is 15.4 Å². The average Bonchev–Trinajstić information content (AvgIpc) is 2.95. The highest BCUT2D eigenvalue weighted by atomic mass is 16.5. The fraction of sp³-hybridized carbons (Fsp3) is 0.571. The minimum atomic E-state index is -1.15. The van der Waals surface area contributed by atoms with E-state index in [-0.39, 0.29) is 18.5 Å². The summed E-state index contributed by atoms with van der Waals surface area (Å²) in [5.74, 6) is 0.403. The van der Waals surface area contributed by atoms with Crippen molar-refractivity contribution in [2.45, 2.75) is 57.5 Å². The maximum atomic E-state index is 13.1. The van der Waals surface area contributed by atoms with E-state index in [9.17, 15) is 14.4 Å². The minimum Gasteiger partial charge on any atom is -0.497 e. The highest BCUT2D eigenvalue weighted by molar-refractivity contribution is 6.09. The topological polar surface area (TPSA) is 87.7 Å². The number of nitrogens with one attached hydrogen (secondary N) is 2. The van der Waals surface area contributed by atoms with Gasteiger partial charge in [0.2, 0.25) is 5.91 Å². The van der Waals surface area contributed by atoms with Gasteiger partial charge in [-0.2, -0.15) is 0 Å². The van der Waals surface area contributed by atoms with Crippen LogP contribution in [0.2, 0.25) is 0 Å². The van der Waals surface area contributed by atoms with Crippen LogP contribution in [-0.4, -0.2) is 42.4 Å². The molecule has 1 aromatic rings. The van der Waals surface area contributed by atoms with E-state index < -0.39 is 17.5 Å². The Labute approximate surface area is 165 Å². The zero-order chi connectivity index (χ0) is 20.3. The molecule has 3 atom stereocenters.